The minimum atomic E-state index is -0.622. The van der Waals surface area contributed by atoms with Crippen molar-refractivity contribution in [1.29, 1.82) is 5.26 Å². The second kappa shape index (κ2) is 9.32. The van der Waals surface area contributed by atoms with Crippen molar-refractivity contribution in [3.8, 4) is 11.8 Å². The highest BCUT2D eigenvalue weighted by Gasteiger charge is 2.38. The van der Waals surface area contributed by atoms with Crippen molar-refractivity contribution >= 4 is 16.8 Å². The smallest absolute Gasteiger partial charge is 0.223 e. The number of benzene rings is 3. The second-order valence-corrected chi connectivity index (χ2v) is 8.28. The molecule has 0 spiro atoms. The summed E-state index contributed by atoms with van der Waals surface area (Å²) >= 11 is 0. The van der Waals surface area contributed by atoms with Gasteiger partial charge in [0.25, 0.3) is 0 Å². The van der Waals surface area contributed by atoms with E-state index in [0.29, 0.717) is 24.3 Å². The largest absolute Gasteiger partial charge is 0.483 e. The number of pyridine rings is 1. The topological polar surface area (TPSA) is 66.2 Å². The number of para-hydroxylation sites is 1. The summed E-state index contributed by atoms with van der Waals surface area (Å²) in [5, 5.41) is 10.1. The summed E-state index contributed by atoms with van der Waals surface area (Å²) < 4.78 is 20.3. The van der Waals surface area contributed by atoms with Crippen molar-refractivity contribution in [3.63, 3.8) is 0 Å². The number of rotatable bonds is 6. The standard InChI is InChI=1S/C28H22FN3O2/c29-22-12-10-21(11-13-22)28(34-23-14-8-19(18-30)9-15-23)27(32-17-3-7-25(32)33)24-6-1-4-20-5-2-16-31-26(20)24/h1-2,4-6,8-16,27-28H,3,7,17H2/t27-,28+/m1/s1. The molecule has 168 valence electrons. The van der Waals surface area contributed by atoms with Crippen LogP contribution in [0.3, 0.4) is 0 Å². The van der Waals surface area contributed by atoms with Crippen molar-refractivity contribution in [2.75, 3.05) is 6.54 Å². The summed E-state index contributed by atoms with van der Waals surface area (Å²) in [5.41, 5.74) is 2.93. The van der Waals surface area contributed by atoms with Crippen LogP contribution in [0.15, 0.2) is 85.1 Å². The highest BCUT2D eigenvalue weighted by Crippen LogP contribution is 2.42. The second-order valence-electron chi connectivity index (χ2n) is 8.28. The predicted molar refractivity (Wildman–Crippen MR) is 126 cm³/mol. The summed E-state index contributed by atoms with van der Waals surface area (Å²) in [6.07, 6.45) is 2.36. The van der Waals surface area contributed by atoms with Crippen LogP contribution in [0.1, 0.15) is 41.7 Å². The summed E-state index contributed by atoms with van der Waals surface area (Å²) in [4.78, 5) is 19.5. The number of amides is 1. The Morgan fingerprint density at radius 3 is 2.47 bits per heavy atom. The van der Waals surface area contributed by atoms with Gasteiger partial charge in [0.05, 0.1) is 17.1 Å². The number of ether oxygens (including phenoxy) is 1. The number of likely N-dealkylation sites (tertiary alicyclic amines) is 1. The predicted octanol–water partition coefficient (Wildman–Crippen LogP) is 5.73. The van der Waals surface area contributed by atoms with Gasteiger partial charge in [-0.25, -0.2) is 4.39 Å². The minimum Gasteiger partial charge on any atom is -0.483 e. The Labute approximate surface area is 197 Å². The molecule has 3 aromatic carbocycles. The molecule has 1 aromatic heterocycles. The molecule has 2 heterocycles. The lowest BCUT2D eigenvalue weighted by atomic mass is 9.92. The van der Waals surface area contributed by atoms with E-state index in [1.54, 1.807) is 42.6 Å². The van der Waals surface area contributed by atoms with Crippen molar-refractivity contribution in [3.05, 3.63) is 108 Å². The Balaban J connectivity index is 1.68. The number of nitriles is 1. The SMILES string of the molecule is N#Cc1ccc(O[C@@H](c2ccc(F)cc2)[C@@H](c2cccc3cccnc23)N2CCCC2=O)cc1. The molecular weight excluding hydrogens is 429 g/mol. The molecule has 0 unspecified atom stereocenters. The Bertz CT molecular complexity index is 1360. The molecule has 1 aliphatic rings. The Kier molecular flexibility index (Phi) is 5.92. The number of halogens is 1. The highest BCUT2D eigenvalue weighted by molar-refractivity contribution is 5.84. The van der Waals surface area contributed by atoms with Crippen LogP contribution >= 0.6 is 0 Å². The molecular formula is C28H22FN3O2. The van der Waals surface area contributed by atoms with E-state index in [2.05, 4.69) is 11.1 Å². The molecule has 0 N–H and O–H groups in total. The first-order valence-corrected chi connectivity index (χ1v) is 11.2. The van der Waals surface area contributed by atoms with Crippen molar-refractivity contribution < 1.29 is 13.9 Å². The van der Waals surface area contributed by atoms with Crippen molar-refractivity contribution in [1.82, 2.24) is 9.88 Å². The fraction of sp³-hybridized carbons (Fsp3) is 0.179. The maximum Gasteiger partial charge on any atom is 0.223 e. The van der Waals surface area contributed by atoms with Crippen molar-refractivity contribution in [2.45, 2.75) is 25.0 Å². The van der Waals surface area contributed by atoms with Gasteiger partial charge in [-0.3, -0.25) is 9.78 Å². The van der Waals surface area contributed by atoms with Crippen LogP contribution in [0.25, 0.3) is 10.9 Å². The minimum absolute atomic E-state index is 0.0495. The van der Waals surface area contributed by atoms with Crippen LogP contribution in [-0.4, -0.2) is 22.3 Å². The summed E-state index contributed by atoms with van der Waals surface area (Å²) in [7, 11) is 0. The average molecular weight is 452 g/mol. The van der Waals surface area contributed by atoms with Crippen LogP contribution < -0.4 is 4.74 Å². The third kappa shape index (κ3) is 4.20. The number of fused-ring (bicyclic) bond motifs is 1. The monoisotopic (exact) mass is 451 g/mol. The summed E-state index contributed by atoms with van der Waals surface area (Å²) in [6.45, 7) is 0.598. The van der Waals surface area contributed by atoms with E-state index in [-0.39, 0.29) is 11.7 Å². The molecule has 34 heavy (non-hydrogen) atoms. The lowest BCUT2D eigenvalue weighted by Crippen LogP contribution is -2.36. The molecule has 0 saturated carbocycles. The Morgan fingerprint density at radius 2 is 1.76 bits per heavy atom. The number of hydrogen-bond acceptors (Lipinski definition) is 4. The first-order valence-electron chi connectivity index (χ1n) is 11.2. The zero-order valence-corrected chi connectivity index (χ0v) is 18.4. The lowest BCUT2D eigenvalue weighted by Gasteiger charge is -2.35. The number of nitrogens with zero attached hydrogens (tertiary/aromatic N) is 3. The van der Waals surface area contributed by atoms with Gasteiger partial charge in [0.1, 0.15) is 23.7 Å². The molecule has 1 amide bonds. The molecule has 1 saturated heterocycles. The Morgan fingerprint density at radius 1 is 1.00 bits per heavy atom. The van der Waals surface area contributed by atoms with E-state index in [0.717, 1.165) is 28.5 Å². The quantitative estimate of drug-likeness (QED) is 0.376. The maximum absolute atomic E-state index is 13.8. The fourth-order valence-corrected chi connectivity index (χ4v) is 4.55. The first kappa shape index (κ1) is 21.6. The zero-order chi connectivity index (χ0) is 23.5. The third-order valence-electron chi connectivity index (χ3n) is 6.16. The summed E-state index contributed by atoms with van der Waals surface area (Å²) in [5.74, 6) is 0.258. The van der Waals surface area contributed by atoms with Gasteiger partial charge in [-0.15, -0.1) is 0 Å². The zero-order valence-electron chi connectivity index (χ0n) is 18.4. The van der Waals surface area contributed by atoms with Crippen LogP contribution in [-0.2, 0) is 4.79 Å². The van der Waals surface area contributed by atoms with Gasteiger partial charge in [0.15, 0.2) is 0 Å². The lowest BCUT2D eigenvalue weighted by molar-refractivity contribution is -0.131. The van der Waals surface area contributed by atoms with E-state index in [4.69, 9.17) is 10.00 Å². The molecule has 1 aliphatic heterocycles. The van der Waals surface area contributed by atoms with E-state index >= 15 is 0 Å². The van der Waals surface area contributed by atoms with E-state index < -0.39 is 12.1 Å². The molecule has 6 heteroatoms. The van der Waals surface area contributed by atoms with Crippen LogP contribution in [0.2, 0.25) is 0 Å². The van der Waals surface area contributed by atoms with E-state index in [1.807, 2.05) is 35.2 Å². The van der Waals surface area contributed by atoms with Gasteiger partial charge in [0, 0.05) is 30.1 Å². The van der Waals surface area contributed by atoms with Crippen molar-refractivity contribution in [2.24, 2.45) is 0 Å². The van der Waals surface area contributed by atoms with E-state index in [1.165, 1.54) is 12.1 Å². The fourth-order valence-electron chi connectivity index (χ4n) is 4.55. The molecule has 0 bridgehead atoms. The van der Waals surface area contributed by atoms with Gasteiger partial charge < -0.3 is 9.64 Å². The molecule has 4 aromatic rings. The average Bonchev–Trinajstić information content (AvgIpc) is 3.30. The van der Waals surface area contributed by atoms with Crippen LogP contribution in [0, 0.1) is 17.1 Å². The Hall–Kier alpha value is -4.24. The number of carbonyl (C=O) groups excluding carboxylic acids is 1. The van der Waals surface area contributed by atoms with E-state index in [9.17, 15) is 9.18 Å². The highest BCUT2D eigenvalue weighted by atomic mass is 19.1. The molecule has 5 rings (SSSR count). The molecule has 2 atom stereocenters. The van der Waals surface area contributed by atoms with Crippen LogP contribution in [0.4, 0.5) is 4.39 Å². The van der Waals surface area contributed by atoms with Gasteiger partial charge in [0.2, 0.25) is 5.91 Å². The first-order chi connectivity index (χ1) is 16.6. The van der Waals surface area contributed by atoms with Gasteiger partial charge in [-0.2, -0.15) is 5.26 Å². The molecule has 0 radical (unpaired) electrons. The molecule has 0 aliphatic carbocycles. The number of carbonyl (C=O) groups is 1. The van der Waals surface area contributed by atoms with Gasteiger partial charge >= 0.3 is 0 Å². The normalized spacial score (nSPS) is 15.2. The summed E-state index contributed by atoms with van der Waals surface area (Å²) in [6, 6.07) is 24.4. The third-order valence-corrected chi connectivity index (χ3v) is 6.16. The number of aromatic nitrogens is 1. The van der Waals surface area contributed by atoms with Gasteiger partial charge in [-0.1, -0.05) is 36.4 Å². The molecule has 1 fully saturated rings. The van der Waals surface area contributed by atoms with Gasteiger partial charge in [-0.05, 0) is 54.4 Å². The molecule has 5 nitrogen and oxygen atoms in total. The maximum atomic E-state index is 13.8. The van der Waals surface area contributed by atoms with Crippen LogP contribution in [0.5, 0.6) is 5.75 Å². The number of hydrogen-bond donors (Lipinski definition) is 0.